The van der Waals surface area contributed by atoms with Gasteiger partial charge < -0.3 is 24.6 Å². The van der Waals surface area contributed by atoms with Gasteiger partial charge in [-0.05, 0) is 12.1 Å². The van der Waals surface area contributed by atoms with Gasteiger partial charge in [0.1, 0.15) is 11.5 Å². The van der Waals surface area contributed by atoms with Gasteiger partial charge >= 0.3 is 0 Å². The van der Waals surface area contributed by atoms with E-state index in [2.05, 4.69) is 34.5 Å². The summed E-state index contributed by atoms with van der Waals surface area (Å²) in [6, 6.07) is 15.9. The van der Waals surface area contributed by atoms with Gasteiger partial charge in [-0.15, -0.1) is 0 Å². The van der Waals surface area contributed by atoms with Gasteiger partial charge in [0.15, 0.2) is 0 Å². The second-order valence-electron chi connectivity index (χ2n) is 6.72. The van der Waals surface area contributed by atoms with Crippen molar-refractivity contribution in [1.29, 1.82) is 0 Å². The van der Waals surface area contributed by atoms with Crippen molar-refractivity contribution in [2.45, 2.75) is 6.42 Å². The standard InChI is InChI=1S/C21H27N3O3/c1-26-19-14-17(15-20(16-19)27-2)22-21(25)8-9-23-10-12-24(13-11-23)18-6-4-3-5-7-18/h3-7,14-16H,8-13H2,1-2H3,(H,22,25)/p+1. The van der Waals surface area contributed by atoms with Crippen molar-refractivity contribution in [1.82, 2.24) is 0 Å². The molecule has 1 saturated heterocycles. The average Bonchev–Trinajstić information content (AvgIpc) is 2.73. The second kappa shape index (κ2) is 9.28. The zero-order valence-electron chi connectivity index (χ0n) is 16.0. The molecule has 0 spiro atoms. The molecule has 1 heterocycles. The monoisotopic (exact) mass is 370 g/mol. The predicted molar refractivity (Wildman–Crippen MR) is 107 cm³/mol. The number of ether oxygens (including phenoxy) is 2. The van der Waals surface area contributed by atoms with Crippen LogP contribution >= 0.6 is 0 Å². The second-order valence-corrected chi connectivity index (χ2v) is 6.72. The molecule has 0 bridgehead atoms. The van der Waals surface area contributed by atoms with Gasteiger partial charge in [0, 0.05) is 29.6 Å². The molecule has 144 valence electrons. The molecule has 0 saturated carbocycles. The molecule has 2 aromatic carbocycles. The van der Waals surface area contributed by atoms with E-state index in [-0.39, 0.29) is 5.91 Å². The topological polar surface area (TPSA) is 55.2 Å². The van der Waals surface area contributed by atoms with E-state index in [0.29, 0.717) is 23.6 Å². The van der Waals surface area contributed by atoms with E-state index in [1.807, 2.05) is 6.07 Å². The Bertz CT molecular complexity index is 721. The van der Waals surface area contributed by atoms with Crippen molar-refractivity contribution >= 4 is 17.3 Å². The predicted octanol–water partition coefficient (Wildman–Crippen LogP) is 1.44. The molecule has 1 amide bonds. The number of quaternary nitrogens is 1. The van der Waals surface area contributed by atoms with Crippen molar-refractivity contribution in [2.24, 2.45) is 0 Å². The Morgan fingerprint density at radius 1 is 1.04 bits per heavy atom. The summed E-state index contributed by atoms with van der Waals surface area (Å²) >= 11 is 0. The van der Waals surface area contributed by atoms with E-state index >= 15 is 0 Å². The lowest BCUT2D eigenvalue weighted by Crippen LogP contribution is -3.15. The van der Waals surface area contributed by atoms with E-state index in [1.165, 1.54) is 10.6 Å². The quantitative estimate of drug-likeness (QED) is 0.774. The van der Waals surface area contributed by atoms with Gasteiger partial charge in [0.2, 0.25) is 5.91 Å². The molecule has 1 aliphatic heterocycles. The van der Waals surface area contributed by atoms with Gasteiger partial charge in [0.05, 0.1) is 53.4 Å². The molecule has 1 fully saturated rings. The molecule has 0 unspecified atom stereocenters. The van der Waals surface area contributed by atoms with Gasteiger partial charge in [-0.2, -0.15) is 0 Å². The van der Waals surface area contributed by atoms with Crippen LogP contribution < -0.4 is 24.6 Å². The third kappa shape index (κ3) is 5.37. The van der Waals surface area contributed by atoms with Crippen molar-refractivity contribution in [3.63, 3.8) is 0 Å². The van der Waals surface area contributed by atoms with E-state index in [4.69, 9.17) is 9.47 Å². The molecule has 6 heteroatoms. The normalized spacial score (nSPS) is 14.7. The molecule has 0 radical (unpaired) electrons. The van der Waals surface area contributed by atoms with Crippen LogP contribution in [-0.2, 0) is 4.79 Å². The number of nitrogens with one attached hydrogen (secondary N) is 2. The Balaban J connectivity index is 1.45. The maximum atomic E-state index is 12.3. The average molecular weight is 370 g/mol. The van der Waals surface area contributed by atoms with Crippen molar-refractivity contribution in [2.75, 3.05) is 57.2 Å². The lowest BCUT2D eigenvalue weighted by Gasteiger charge is -2.33. The lowest BCUT2D eigenvalue weighted by atomic mass is 10.2. The first-order valence-electron chi connectivity index (χ1n) is 9.34. The van der Waals surface area contributed by atoms with Gasteiger partial charge in [-0.1, -0.05) is 18.2 Å². The highest BCUT2D eigenvalue weighted by Crippen LogP contribution is 2.25. The molecule has 6 nitrogen and oxygen atoms in total. The fourth-order valence-electron chi connectivity index (χ4n) is 3.36. The number of benzene rings is 2. The number of para-hydroxylation sites is 1. The molecular weight excluding hydrogens is 342 g/mol. The van der Waals surface area contributed by atoms with Crippen LogP contribution in [-0.4, -0.2) is 52.9 Å². The number of hydrogen-bond donors (Lipinski definition) is 2. The van der Waals surface area contributed by atoms with Crippen molar-refractivity contribution in [3.8, 4) is 11.5 Å². The largest absolute Gasteiger partial charge is 0.497 e. The molecular formula is C21H28N3O3+. The molecule has 3 rings (SSSR count). The first-order chi connectivity index (χ1) is 13.2. The number of hydrogen-bond acceptors (Lipinski definition) is 4. The first kappa shape index (κ1) is 19.0. The summed E-state index contributed by atoms with van der Waals surface area (Å²) in [6.07, 6.45) is 0.500. The minimum Gasteiger partial charge on any atom is -0.497 e. The van der Waals surface area contributed by atoms with Crippen LogP contribution in [0.15, 0.2) is 48.5 Å². The molecule has 2 N–H and O–H groups in total. The summed E-state index contributed by atoms with van der Waals surface area (Å²) in [5.41, 5.74) is 1.97. The number of carbonyl (C=O) groups excluding carboxylic acids is 1. The number of piperazine rings is 1. The molecule has 27 heavy (non-hydrogen) atoms. The Hall–Kier alpha value is -2.73. The van der Waals surface area contributed by atoms with Gasteiger partial charge in [0.25, 0.3) is 0 Å². The fourth-order valence-corrected chi connectivity index (χ4v) is 3.36. The van der Waals surface area contributed by atoms with Gasteiger partial charge in [-0.25, -0.2) is 0 Å². The SMILES string of the molecule is COc1cc(NC(=O)CC[NH+]2CCN(c3ccccc3)CC2)cc(OC)c1. The Morgan fingerprint density at radius 2 is 1.67 bits per heavy atom. The summed E-state index contributed by atoms with van der Waals surface area (Å²) in [7, 11) is 3.19. The van der Waals surface area contributed by atoms with Crippen LogP contribution in [0, 0.1) is 0 Å². The molecule has 1 aliphatic rings. The van der Waals surface area contributed by atoms with E-state index in [0.717, 1.165) is 32.7 Å². The van der Waals surface area contributed by atoms with E-state index in [9.17, 15) is 4.79 Å². The number of nitrogens with zero attached hydrogens (tertiary/aromatic N) is 1. The van der Waals surface area contributed by atoms with E-state index in [1.54, 1.807) is 32.4 Å². The van der Waals surface area contributed by atoms with Crippen LogP contribution in [0.25, 0.3) is 0 Å². The number of methoxy groups -OCH3 is 2. The maximum absolute atomic E-state index is 12.3. The van der Waals surface area contributed by atoms with Crippen molar-refractivity contribution in [3.05, 3.63) is 48.5 Å². The summed E-state index contributed by atoms with van der Waals surface area (Å²) in [5.74, 6) is 1.34. The van der Waals surface area contributed by atoms with Crippen LogP contribution in [0.4, 0.5) is 11.4 Å². The van der Waals surface area contributed by atoms with Crippen LogP contribution in [0.1, 0.15) is 6.42 Å². The van der Waals surface area contributed by atoms with Crippen LogP contribution in [0.5, 0.6) is 11.5 Å². The third-order valence-electron chi connectivity index (χ3n) is 4.93. The molecule has 0 aliphatic carbocycles. The maximum Gasteiger partial charge on any atom is 0.230 e. The van der Waals surface area contributed by atoms with Crippen LogP contribution in [0.3, 0.4) is 0 Å². The fraction of sp³-hybridized carbons (Fsp3) is 0.381. The summed E-state index contributed by atoms with van der Waals surface area (Å²) in [6.45, 7) is 4.99. The Morgan fingerprint density at radius 3 is 2.26 bits per heavy atom. The van der Waals surface area contributed by atoms with Crippen LogP contribution in [0.2, 0.25) is 0 Å². The number of carbonyl (C=O) groups is 1. The first-order valence-corrected chi connectivity index (χ1v) is 9.34. The van der Waals surface area contributed by atoms with E-state index < -0.39 is 0 Å². The lowest BCUT2D eigenvalue weighted by molar-refractivity contribution is -0.900. The zero-order chi connectivity index (χ0) is 19.1. The highest BCUT2D eigenvalue weighted by molar-refractivity contribution is 5.91. The summed E-state index contributed by atoms with van der Waals surface area (Å²) in [4.78, 5) is 16.2. The smallest absolute Gasteiger partial charge is 0.230 e. The van der Waals surface area contributed by atoms with Gasteiger partial charge in [-0.3, -0.25) is 4.79 Å². The molecule has 0 aromatic heterocycles. The third-order valence-corrected chi connectivity index (χ3v) is 4.93. The highest BCUT2D eigenvalue weighted by atomic mass is 16.5. The minimum atomic E-state index is 0.0169. The molecule has 0 atom stereocenters. The number of anilines is 2. The number of amides is 1. The molecule has 2 aromatic rings. The summed E-state index contributed by atoms with van der Waals surface area (Å²) in [5, 5.41) is 2.94. The Labute approximate surface area is 160 Å². The summed E-state index contributed by atoms with van der Waals surface area (Å²) < 4.78 is 10.5. The number of rotatable bonds is 7. The highest BCUT2D eigenvalue weighted by Gasteiger charge is 2.20. The van der Waals surface area contributed by atoms with Crippen molar-refractivity contribution < 1.29 is 19.2 Å². The Kier molecular flexibility index (Phi) is 6.54. The zero-order valence-corrected chi connectivity index (χ0v) is 16.0. The minimum absolute atomic E-state index is 0.0169.